The van der Waals surface area contributed by atoms with Crippen LogP contribution in [0.25, 0.3) is 45.2 Å². The average molecular weight is 490 g/mol. The van der Waals surface area contributed by atoms with Crippen molar-refractivity contribution in [3.8, 4) is 34.1 Å². The van der Waals surface area contributed by atoms with Crippen molar-refractivity contribution in [1.29, 1.82) is 0 Å². The number of hydrogen-bond acceptors (Lipinski definition) is 6. The molecule has 182 valence electrons. The number of oxazole rings is 1. The first kappa shape index (κ1) is 22.4. The summed E-state index contributed by atoms with van der Waals surface area (Å²) in [5, 5.41) is 10.9. The molecule has 1 saturated carbocycles. The number of nitrogens with zero attached hydrogens (tertiary/aromatic N) is 5. The van der Waals surface area contributed by atoms with Crippen LogP contribution in [-0.4, -0.2) is 31.8 Å². The smallest absolute Gasteiger partial charge is 0.246 e. The highest BCUT2D eigenvalue weighted by Gasteiger charge is 2.28. The van der Waals surface area contributed by atoms with Crippen LogP contribution in [0.4, 0.5) is 13.2 Å². The second-order valence-electron chi connectivity index (χ2n) is 8.96. The Kier molecular flexibility index (Phi) is 5.33. The third-order valence-electron chi connectivity index (χ3n) is 6.31. The van der Waals surface area contributed by atoms with E-state index >= 15 is 0 Å². The molecule has 0 saturated heterocycles. The lowest BCUT2D eigenvalue weighted by molar-refractivity contribution is 0.483. The van der Waals surface area contributed by atoms with E-state index in [0.717, 1.165) is 29.7 Å². The predicted octanol–water partition coefficient (Wildman–Crippen LogP) is 5.37. The van der Waals surface area contributed by atoms with Crippen LogP contribution < -0.4 is 5.32 Å². The van der Waals surface area contributed by atoms with Gasteiger partial charge in [0.25, 0.3) is 0 Å². The van der Waals surface area contributed by atoms with Crippen LogP contribution in [0.15, 0.2) is 47.1 Å². The van der Waals surface area contributed by atoms with Crippen molar-refractivity contribution >= 4 is 11.1 Å². The summed E-state index contributed by atoms with van der Waals surface area (Å²) in [6.45, 7) is 0.149. The molecule has 1 fully saturated rings. The van der Waals surface area contributed by atoms with E-state index in [1.165, 1.54) is 18.2 Å². The molecule has 5 aromatic rings. The molecule has 3 aromatic heterocycles. The first-order valence-electron chi connectivity index (χ1n) is 11.5. The normalized spacial score (nSPS) is 13.6. The summed E-state index contributed by atoms with van der Waals surface area (Å²) in [7, 11) is 3.43. The van der Waals surface area contributed by atoms with Gasteiger partial charge in [0, 0.05) is 36.3 Å². The molecule has 36 heavy (non-hydrogen) atoms. The number of nitrogens with one attached hydrogen (secondary N) is 1. The fourth-order valence-corrected chi connectivity index (χ4v) is 4.37. The van der Waals surface area contributed by atoms with Gasteiger partial charge in [-0.2, -0.15) is 4.39 Å². The minimum absolute atomic E-state index is 0.0796. The van der Waals surface area contributed by atoms with Crippen molar-refractivity contribution in [2.75, 3.05) is 7.05 Å². The summed E-state index contributed by atoms with van der Waals surface area (Å²) in [5.41, 5.74) is 3.36. The largest absolute Gasteiger partial charge is 0.431 e. The maximum absolute atomic E-state index is 14.8. The summed E-state index contributed by atoms with van der Waals surface area (Å²) in [4.78, 5) is 9.17. The highest BCUT2D eigenvalue weighted by Crippen LogP contribution is 2.42. The predicted molar refractivity (Wildman–Crippen MR) is 127 cm³/mol. The number of hydrogen-bond donors (Lipinski definition) is 1. The van der Waals surface area contributed by atoms with Crippen molar-refractivity contribution in [1.82, 2.24) is 30.0 Å². The van der Waals surface area contributed by atoms with Gasteiger partial charge in [-0.3, -0.25) is 0 Å². The second-order valence-corrected chi connectivity index (χ2v) is 8.96. The molecule has 0 aliphatic heterocycles. The van der Waals surface area contributed by atoms with E-state index in [-0.39, 0.29) is 35.0 Å². The van der Waals surface area contributed by atoms with Crippen molar-refractivity contribution < 1.29 is 17.6 Å². The van der Waals surface area contributed by atoms with Gasteiger partial charge in [-0.25, -0.2) is 18.7 Å². The minimum atomic E-state index is -1.09. The number of halogens is 3. The lowest BCUT2D eigenvalue weighted by Gasteiger charge is -2.12. The standard InChI is InChI=1S/C26H21F3N6O/c1-30-11-15-9-20-24(23(29)22(15)28)36-26(33-20)21-8-14(7-19(32-21)13-3-4-13)17-6-5-16(27)10-18(17)25-34-31-12-35(25)2/h5-10,12-13,30H,3-4,11H2,1-2H3. The molecular formula is C26H21F3N6O. The van der Waals surface area contributed by atoms with Crippen LogP contribution in [0, 0.1) is 17.5 Å². The van der Waals surface area contributed by atoms with Crippen LogP contribution in [-0.2, 0) is 13.6 Å². The summed E-state index contributed by atoms with van der Waals surface area (Å²) in [6.07, 6.45) is 3.54. The number of aromatic nitrogens is 5. The molecular weight excluding hydrogens is 469 g/mol. The lowest BCUT2D eigenvalue weighted by Crippen LogP contribution is -2.08. The molecule has 7 nitrogen and oxygen atoms in total. The molecule has 2 aromatic carbocycles. The van der Waals surface area contributed by atoms with Gasteiger partial charge < -0.3 is 14.3 Å². The summed E-state index contributed by atoms with van der Waals surface area (Å²) >= 11 is 0. The molecule has 0 amide bonds. The Balaban J connectivity index is 1.53. The Morgan fingerprint density at radius 3 is 2.58 bits per heavy atom. The van der Waals surface area contributed by atoms with E-state index < -0.39 is 17.5 Å². The van der Waals surface area contributed by atoms with E-state index in [9.17, 15) is 13.2 Å². The zero-order chi connectivity index (χ0) is 25.0. The molecule has 0 unspecified atom stereocenters. The van der Waals surface area contributed by atoms with Gasteiger partial charge >= 0.3 is 0 Å². The summed E-state index contributed by atoms with van der Waals surface area (Å²) in [5.74, 6) is -1.59. The van der Waals surface area contributed by atoms with Crippen molar-refractivity contribution in [2.45, 2.75) is 25.3 Å². The van der Waals surface area contributed by atoms with Crippen LogP contribution in [0.3, 0.4) is 0 Å². The van der Waals surface area contributed by atoms with Gasteiger partial charge in [-0.1, -0.05) is 6.07 Å². The third-order valence-corrected chi connectivity index (χ3v) is 6.31. The zero-order valence-electron chi connectivity index (χ0n) is 19.5. The Hall–Kier alpha value is -4.05. The van der Waals surface area contributed by atoms with E-state index in [2.05, 4.69) is 20.5 Å². The molecule has 6 rings (SSSR count). The van der Waals surface area contributed by atoms with E-state index in [0.29, 0.717) is 17.1 Å². The number of rotatable bonds is 6. The molecule has 0 spiro atoms. The summed E-state index contributed by atoms with van der Waals surface area (Å²) in [6, 6.07) is 9.66. The van der Waals surface area contributed by atoms with Gasteiger partial charge in [-0.05, 0) is 61.3 Å². The average Bonchev–Trinajstić information content (AvgIpc) is 3.50. The fraction of sp³-hybridized carbons (Fsp3) is 0.231. The maximum Gasteiger partial charge on any atom is 0.246 e. The highest BCUT2D eigenvalue weighted by molar-refractivity contribution is 5.83. The quantitative estimate of drug-likeness (QED) is 0.345. The van der Waals surface area contributed by atoms with Crippen molar-refractivity contribution in [2.24, 2.45) is 7.05 Å². The Morgan fingerprint density at radius 1 is 1.03 bits per heavy atom. The molecule has 1 aliphatic rings. The number of benzene rings is 2. The van der Waals surface area contributed by atoms with Gasteiger partial charge in [0.15, 0.2) is 17.2 Å². The Morgan fingerprint density at radius 2 is 1.86 bits per heavy atom. The maximum atomic E-state index is 14.8. The highest BCUT2D eigenvalue weighted by atomic mass is 19.2. The lowest BCUT2D eigenvalue weighted by atomic mass is 9.97. The van der Waals surface area contributed by atoms with Crippen LogP contribution >= 0.6 is 0 Å². The molecule has 3 heterocycles. The van der Waals surface area contributed by atoms with Gasteiger partial charge in [0.05, 0.1) is 0 Å². The number of fused-ring (bicyclic) bond motifs is 1. The van der Waals surface area contributed by atoms with Crippen molar-refractivity contribution in [3.05, 3.63) is 71.4 Å². The van der Waals surface area contributed by atoms with Crippen LogP contribution in [0.5, 0.6) is 0 Å². The topological polar surface area (TPSA) is 81.7 Å². The number of aryl methyl sites for hydroxylation is 1. The van der Waals surface area contributed by atoms with Gasteiger partial charge in [0.2, 0.25) is 11.7 Å². The second kappa shape index (κ2) is 8.56. The summed E-state index contributed by atoms with van der Waals surface area (Å²) < 4.78 is 50.9. The van der Waals surface area contributed by atoms with E-state index in [1.54, 1.807) is 37.1 Å². The Bertz CT molecular complexity index is 1620. The number of pyridine rings is 1. The monoisotopic (exact) mass is 490 g/mol. The van der Waals surface area contributed by atoms with Gasteiger partial charge in [0.1, 0.15) is 23.4 Å². The molecule has 1 aliphatic carbocycles. The zero-order valence-corrected chi connectivity index (χ0v) is 19.5. The minimum Gasteiger partial charge on any atom is -0.431 e. The van der Waals surface area contributed by atoms with Crippen LogP contribution in [0.2, 0.25) is 0 Å². The third kappa shape index (κ3) is 3.83. The SMILES string of the molecule is CNCc1cc2nc(-c3cc(-c4ccc(F)cc4-c4nncn4C)cc(C4CC4)n3)oc2c(F)c1F. The first-order chi connectivity index (χ1) is 17.4. The molecule has 0 atom stereocenters. The molecule has 10 heteroatoms. The molecule has 0 bridgehead atoms. The molecule has 0 radical (unpaired) electrons. The van der Waals surface area contributed by atoms with Crippen LogP contribution in [0.1, 0.15) is 30.0 Å². The van der Waals surface area contributed by atoms with E-state index in [4.69, 9.17) is 9.40 Å². The first-order valence-corrected chi connectivity index (χ1v) is 11.5. The van der Waals surface area contributed by atoms with Gasteiger partial charge in [-0.15, -0.1) is 10.2 Å². The fourth-order valence-electron chi connectivity index (χ4n) is 4.37. The van der Waals surface area contributed by atoms with E-state index in [1.807, 2.05) is 6.07 Å². The Labute approximate surface area is 204 Å². The van der Waals surface area contributed by atoms with Crippen molar-refractivity contribution in [3.63, 3.8) is 0 Å². The molecule has 1 N–H and O–H groups in total.